The van der Waals surface area contributed by atoms with E-state index in [1.165, 1.54) is 0 Å². The Bertz CT molecular complexity index is 832. The molecular weight excluding hydrogens is 398 g/mol. The van der Waals surface area contributed by atoms with Crippen LogP contribution in [0.2, 0.25) is 24.2 Å². The number of rotatable bonds is 13. The second kappa shape index (κ2) is 10.9. The quantitative estimate of drug-likeness (QED) is 0.446. The normalized spacial score (nSPS) is 11.6. The standard InChI is InChI=1S/C18H31N3O7Si/c1-4-29(5-2,6-3)13-7-10-19-16(26)20(11-8-14(22)23)18(28)21(17(19)27)12-9-15(24)25/h4-13H2,1-3H3,(H,22,23)(H,24,25). The first-order valence-corrected chi connectivity index (χ1v) is 12.8. The average Bonchev–Trinajstić information content (AvgIpc) is 2.67. The minimum absolute atomic E-state index is 0.118. The summed E-state index contributed by atoms with van der Waals surface area (Å²) in [5.74, 6) is -2.37. The lowest BCUT2D eigenvalue weighted by Crippen LogP contribution is -2.55. The number of carboxylic acid groups (broad SMARTS) is 2. The van der Waals surface area contributed by atoms with E-state index in [0.717, 1.165) is 28.7 Å². The predicted octanol–water partition coefficient (Wildman–Crippen LogP) is 1.02. The van der Waals surface area contributed by atoms with Gasteiger partial charge in [0.2, 0.25) is 0 Å². The molecule has 1 aromatic heterocycles. The molecule has 1 heterocycles. The molecule has 0 aliphatic heterocycles. The van der Waals surface area contributed by atoms with E-state index in [-0.39, 0.29) is 19.6 Å². The van der Waals surface area contributed by atoms with Gasteiger partial charge >= 0.3 is 29.0 Å². The first kappa shape index (κ1) is 24.6. The molecule has 29 heavy (non-hydrogen) atoms. The first-order valence-electron chi connectivity index (χ1n) is 10.0. The minimum atomic E-state index is -1.45. The molecule has 0 aromatic carbocycles. The lowest BCUT2D eigenvalue weighted by molar-refractivity contribution is -0.138. The fourth-order valence-corrected chi connectivity index (χ4v) is 7.03. The van der Waals surface area contributed by atoms with Crippen molar-refractivity contribution in [3.05, 3.63) is 31.5 Å². The zero-order chi connectivity index (χ0) is 22.2. The SMILES string of the molecule is CC[Si](CC)(CC)CCCn1c(=O)n(CCC(=O)O)c(=O)n(CCC(=O)O)c1=O. The molecular formula is C18H31N3O7Si. The van der Waals surface area contributed by atoms with Crippen molar-refractivity contribution in [2.45, 2.75) is 83.8 Å². The Balaban J connectivity index is 3.31. The van der Waals surface area contributed by atoms with Crippen LogP contribution in [0.1, 0.15) is 40.0 Å². The van der Waals surface area contributed by atoms with Crippen molar-refractivity contribution in [1.29, 1.82) is 0 Å². The Morgan fingerprint density at radius 1 is 0.724 bits per heavy atom. The summed E-state index contributed by atoms with van der Waals surface area (Å²) in [5, 5.41) is 17.7. The maximum atomic E-state index is 12.7. The molecule has 0 aliphatic carbocycles. The minimum Gasteiger partial charge on any atom is -0.481 e. The zero-order valence-electron chi connectivity index (χ0n) is 17.3. The maximum absolute atomic E-state index is 12.7. The third kappa shape index (κ3) is 6.28. The van der Waals surface area contributed by atoms with Crippen LogP contribution in [-0.2, 0) is 29.2 Å². The van der Waals surface area contributed by atoms with Gasteiger partial charge < -0.3 is 10.2 Å². The van der Waals surface area contributed by atoms with Gasteiger partial charge in [0.1, 0.15) is 0 Å². The molecule has 0 radical (unpaired) electrons. The predicted molar refractivity (Wildman–Crippen MR) is 110 cm³/mol. The Hall–Kier alpha value is -2.43. The molecule has 0 atom stereocenters. The Kier molecular flexibility index (Phi) is 9.28. The van der Waals surface area contributed by atoms with Gasteiger partial charge in [-0.15, -0.1) is 0 Å². The summed E-state index contributed by atoms with van der Waals surface area (Å²) < 4.78 is 2.36. The second-order valence-corrected chi connectivity index (χ2v) is 12.9. The van der Waals surface area contributed by atoms with E-state index in [1.54, 1.807) is 0 Å². The third-order valence-corrected chi connectivity index (χ3v) is 11.7. The van der Waals surface area contributed by atoms with Crippen molar-refractivity contribution in [3.63, 3.8) is 0 Å². The second-order valence-electron chi connectivity index (χ2n) is 7.25. The molecule has 0 aliphatic rings. The van der Waals surface area contributed by atoms with Crippen LogP contribution in [0.3, 0.4) is 0 Å². The maximum Gasteiger partial charge on any atom is 0.336 e. The molecule has 0 saturated carbocycles. The number of aliphatic carboxylic acids is 2. The molecule has 0 unspecified atom stereocenters. The van der Waals surface area contributed by atoms with Gasteiger partial charge in [0.25, 0.3) is 0 Å². The van der Waals surface area contributed by atoms with E-state index in [0.29, 0.717) is 15.6 Å². The van der Waals surface area contributed by atoms with Crippen molar-refractivity contribution >= 4 is 20.0 Å². The number of aromatic nitrogens is 3. The van der Waals surface area contributed by atoms with Crippen LogP contribution in [0.15, 0.2) is 14.4 Å². The molecule has 164 valence electrons. The summed E-state index contributed by atoms with van der Waals surface area (Å²) in [6.07, 6.45) is -0.305. The first-order chi connectivity index (χ1) is 13.6. The lowest BCUT2D eigenvalue weighted by atomic mass is 10.4. The lowest BCUT2D eigenvalue weighted by Gasteiger charge is -2.28. The molecule has 2 N–H and O–H groups in total. The van der Waals surface area contributed by atoms with Gasteiger partial charge in [0, 0.05) is 19.6 Å². The van der Waals surface area contributed by atoms with Gasteiger partial charge in [-0.05, 0) is 6.42 Å². The van der Waals surface area contributed by atoms with Crippen LogP contribution in [-0.4, -0.2) is 43.9 Å². The molecule has 1 rings (SSSR count). The molecule has 1 aromatic rings. The summed E-state index contributed by atoms with van der Waals surface area (Å²) in [6, 6.07) is 4.26. The molecule has 10 nitrogen and oxygen atoms in total. The van der Waals surface area contributed by atoms with Crippen LogP contribution >= 0.6 is 0 Å². The van der Waals surface area contributed by atoms with Crippen molar-refractivity contribution in [1.82, 2.24) is 13.7 Å². The molecule has 0 fully saturated rings. The number of nitrogens with zero attached hydrogens (tertiary/aromatic N) is 3. The largest absolute Gasteiger partial charge is 0.481 e. The zero-order valence-corrected chi connectivity index (χ0v) is 18.3. The van der Waals surface area contributed by atoms with Crippen LogP contribution < -0.4 is 17.1 Å². The van der Waals surface area contributed by atoms with E-state index in [9.17, 15) is 24.0 Å². The molecule has 0 bridgehead atoms. The van der Waals surface area contributed by atoms with E-state index in [1.807, 2.05) is 0 Å². The smallest absolute Gasteiger partial charge is 0.336 e. The van der Waals surface area contributed by atoms with E-state index in [4.69, 9.17) is 10.2 Å². The summed E-state index contributed by atoms with van der Waals surface area (Å²) in [4.78, 5) is 59.6. The number of hydrogen-bond acceptors (Lipinski definition) is 5. The highest BCUT2D eigenvalue weighted by Crippen LogP contribution is 2.26. The van der Waals surface area contributed by atoms with Gasteiger partial charge in [-0.1, -0.05) is 44.9 Å². The number of carbonyl (C=O) groups is 2. The van der Waals surface area contributed by atoms with Gasteiger partial charge in [0.15, 0.2) is 0 Å². The number of hydrogen-bond donors (Lipinski definition) is 2. The average molecular weight is 430 g/mol. The fourth-order valence-electron chi connectivity index (χ4n) is 3.56. The third-order valence-electron chi connectivity index (χ3n) is 5.82. The van der Waals surface area contributed by atoms with Crippen molar-refractivity contribution in [2.75, 3.05) is 0 Å². The molecule has 0 saturated heterocycles. The van der Waals surface area contributed by atoms with Gasteiger partial charge in [0.05, 0.1) is 20.9 Å². The Morgan fingerprint density at radius 3 is 1.38 bits per heavy atom. The van der Waals surface area contributed by atoms with E-state index in [2.05, 4.69) is 20.8 Å². The van der Waals surface area contributed by atoms with Gasteiger partial charge in [-0.3, -0.25) is 9.59 Å². The summed E-state index contributed by atoms with van der Waals surface area (Å²) >= 11 is 0. The van der Waals surface area contributed by atoms with Crippen molar-refractivity contribution < 1.29 is 19.8 Å². The monoisotopic (exact) mass is 429 g/mol. The van der Waals surface area contributed by atoms with Gasteiger partial charge in [-0.2, -0.15) is 0 Å². The molecule has 11 heteroatoms. The van der Waals surface area contributed by atoms with Crippen LogP contribution in [0, 0.1) is 0 Å². The van der Waals surface area contributed by atoms with Crippen LogP contribution in [0.25, 0.3) is 0 Å². The highest BCUT2D eigenvalue weighted by molar-refractivity contribution is 6.79. The van der Waals surface area contributed by atoms with E-state index >= 15 is 0 Å². The van der Waals surface area contributed by atoms with Crippen molar-refractivity contribution in [2.24, 2.45) is 0 Å². The Morgan fingerprint density at radius 2 is 1.07 bits per heavy atom. The summed E-state index contributed by atoms with van der Waals surface area (Å²) in [7, 11) is -1.45. The topological polar surface area (TPSA) is 141 Å². The fraction of sp³-hybridized carbons (Fsp3) is 0.722. The van der Waals surface area contributed by atoms with E-state index < -0.39 is 49.9 Å². The summed E-state index contributed by atoms with van der Waals surface area (Å²) in [5.41, 5.74) is -2.66. The number of carboxylic acids is 2. The molecule has 0 spiro atoms. The highest BCUT2D eigenvalue weighted by atomic mass is 28.3. The highest BCUT2D eigenvalue weighted by Gasteiger charge is 2.26. The van der Waals surface area contributed by atoms with Gasteiger partial charge in [-0.25, -0.2) is 28.1 Å². The van der Waals surface area contributed by atoms with Crippen molar-refractivity contribution in [3.8, 4) is 0 Å². The van der Waals surface area contributed by atoms with Crippen LogP contribution in [0.4, 0.5) is 0 Å². The summed E-state index contributed by atoms with van der Waals surface area (Å²) in [6.45, 7) is 5.85. The Labute approximate surface area is 169 Å². The van der Waals surface area contributed by atoms with Crippen LogP contribution in [0.5, 0.6) is 0 Å². The molecule has 0 amide bonds.